The molecule has 3 aromatic carbocycles. The van der Waals surface area contributed by atoms with Crippen LogP contribution in [0.3, 0.4) is 0 Å². The molecule has 35 heavy (non-hydrogen) atoms. The average Bonchev–Trinajstić information content (AvgIpc) is 3.17. The number of benzene rings is 3. The van der Waals surface area contributed by atoms with Gasteiger partial charge in [0.25, 0.3) is 5.91 Å². The quantitative estimate of drug-likeness (QED) is 0.423. The fourth-order valence-electron chi connectivity index (χ4n) is 4.15. The Morgan fingerprint density at radius 2 is 1.63 bits per heavy atom. The van der Waals surface area contributed by atoms with Crippen LogP contribution < -0.4 is 10.6 Å². The van der Waals surface area contributed by atoms with Gasteiger partial charge in [-0.1, -0.05) is 55.5 Å². The summed E-state index contributed by atoms with van der Waals surface area (Å²) in [4.78, 5) is 35.7. The van der Waals surface area contributed by atoms with E-state index in [2.05, 4.69) is 10.6 Å². The van der Waals surface area contributed by atoms with Crippen molar-refractivity contribution in [1.82, 2.24) is 5.32 Å². The number of nitrogens with one attached hydrogen (secondary N) is 2. The maximum absolute atomic E-state index is 14.2. The monoisotopic (exact) mass is 476 g/mol. The van der Waals surface area contributed by atoms with Crippen molar-refractivity contribution in [2.24, 2.45) is 5.92 Å². The first-order chi connectivity index (χ1) is 16.8. The summed E-state index contributed by atoms with van der Waals surface area (Å²) < 4.78 is 19.7. The van der Waals surface area contributed by atoms with E-state index in [1.54, 1.807) is 0 Å². The van der Waals surface area contributed by atoms with Gasteiger partial charge in [-0.25, -0.2) is 9.18 Å². The maximum atomic E-state index is 14.2. The average molecular weight is 477 g/mol. The van der Waals surface area contributed by atoms with E-state index in [0.29, 0.717) is 0 Å². The van der Waals surface area contributed by atoms with E-state index in [1.807, 2.05) is 48.5 Å². The van der Waals surface area contributed by atoms with E-state index in [9.17, 15) is 18.8 Å². The summed E-state index contributed by atoms with van der Waals surface area (Å²) in [5.41, 5.74) is 4.34. The number of carboxylic acids is 1. The third-order valence-corrected chi connectivity index (χ3v) is 6.09. The Labute approximate surface area is 201 Å². The van der Waals surface area contributed by atoms with Crippen LogP contribution >= 0.6 is 0 Å². The van der Waals surface area contributed by atoms with Gasteiger partial charge >= 0.3 is 12.1 Å². The Kier molecular flexibility index (Phi) is 7.10. The highest BCUT2D eigenvalue weighted by molar-refractivity contribution is 5.96. The molecule has 1 aliphatic carbocycles. The highest BCUT2D eigenvalue weighted by atomic mass is 19.1. The summed E-state index contributed by atoms with van der Waals surface area (Å²) in [6.07, 6.45) is -0.513. The lowest BCUT2D eigenvalue weighted by Crippen LogP contribution is -2.28. The molecule has 0 fully saturated rings. The van der Waals surface area contributed by atoms with Gasteiger partial charge in [-0.2, -0.15) is 0 Å². The van der Waals surface area contributed by atoms with E-state index >= 15 is 0 Å². The van der Waals surface area contributed by atoms with Gasteiger partial charge in [-0.05, 0) is 46.9 Å². The number of amides is 2. The first-order valence-corrected chi connectivity index (χ1v) is 11.3. The van der Waals surface area contributed by atoms with Gasteiger partial charge in [0.1, 0.15) is 12.4 Å². The predicted octanol–water partition coefficient (Wildman–Crippen LogP) is 5.03. The molecular weight excluding hydrogens is 451 g/mol. The number of rotatable bonds is 8. The molecule has 180 valence electrons. The van der Waals surface area contributed by atoms with Crippen LogP contribution in [0.25, 0.3) is 11.1 Å². The fourth-order valence-corrected chi connectivity index (χ4v) is 4.15. The lowest BCUT2D eigenvalue weighted by molar-refractivity contribution is -0.141. The lowest BCUT2D eigenvalue weighted by atomic mass is 9.98. The van der Waals surface area contributed by atoms with Crippen molar-refractivity contribution in [3.8, 4) is 11.1 Å². The molecule has 1 aliphatic rings. The first-order valence-electron chi connectivity index (χ1n) is 11.3. The second-order valence-corrected chi connectivity index (χ2v) is 8.43. The Morgan fingerprint density at radius 3 is 2.26 bits per heavy atom. The molecule has 7 nitrogen and oxygen atoms in total. The van der Waals surface area contributed by atoms with Crippen molar-refractivity contribution in [3.63, 3.8) is 0 Å². The number of carboxylic acid groups (broad SMARTS) is 1. The van der Waals surface area contributed by atoms with E-state index in [-0.39, 0.29) is 36.7 Å². The zero-order chi connectivity index (χ0) is 24.9. The number of hydrogen-bond acceptors (Lipinski definition) is 4. The van der Waals surface area contributed by atoms with E-state index in [1.165, 1.54) is 19.1 Å². The minimum Gasteiger partial charge on any atom is -0.481 e. The zero-order valence-corrected chi connectivity index (χ0v) is 19.1. The molecule has 0 spiro atoms. The minimum atomic E-state index is -0.972. The normalized spacial score (nSPS) is 12.9. The standard InChI is InChI=1S/C27H25FN2O5/c1-16(26(32)33)12-13-29-25(31)22-14-17(10-11-24(22)28)30-27(34)35-15-23-20-8-4-2-6-18(20)19-7-3-5-9-21(19)23/h2-11,14,16,23H,12-13,15H2,1H3,(H,29,31)(H,30,34)(H,32,33). The number of aliphatic carboxylic acids is 1. The van der Waals surface area contributed by atoms with E-state index < -0.39 is 29.7 Å². The number of halogens is 1. The number of carbonyl (C=O) groups is 3. The number of anilines is 1. The molecule has 3 N–H and O–H groups in total. The van der Waals surface area contributed by atoms with Crippen LogP contribution in [0.2, 0.25) is 0 Å². The lowest BCUT2D eigenvalue weighted by Gasteiger charge is -2.15. The summed E-state index contributed by atoms with van der Waals surface area (Å²) in [5, 5.41) is 14.0. The Morgan fingerprint density at radius 1 is 1.00 bits per heavy atom. The third kappa shape index (κ3) is 5.32. The van der Waals surface area contributed by atoms with Crippen LogP contribution in [0, 0.1) is 11.7 Å². The number of hydrogen-bond donors (Lipinski definition) is 3. The zero-order valence-electron chi connectivity index (χ0n) is 19.1. The Hall–Kier alpha value is -4.20. The molecule has 1 unspecified atom stereocenters. The van der Waals surface area contributed by atoms with Crippen molar-refractivity contribution >= 4 is 23.7 Å². The van der Waals surface area contributed by atoms with E-state index in [4.69, 9.17) is 9.84 Å². The van der Waals surface area contributed by atoms with Crippen LogP contribution in [0.1, 0.15) is 40.7 Å². The van der Waals surface area contributed by atoms with Crippen LogP contribution in [-0.4, -0.2) is 36.2 Å². The van der Waals surface area contributed by atoms with Crippen LogP contribution in [0.15, 0.2) is 66.7 Å². The van der Waals surface area contributed by atoms with Gasteiger partial charge < -0.3 is 15.2 Å². The van der Waals surface area contributed by atoms with Crippen molar-refractivity contribution in [1.29, 1.82) is 0 Å². The van der Waals surface area contributed by atoms with E-state index in [0.717, 1.165) is 28.3 Å². The summed E-state index contributed by atoms with van der Waals surface area (Å²) in [7, 11) is 0. The van der Waals surface area contributed by atoms with Gasteiger partial charge in [0.05, 0.1) is 11.5 Å². The second-order valence-electron chi connectivity index (χ2n) is 8.43. The Balaban J connectivity index is 1.38. The van der Waals surface area contributed by atoms with Gasteiger partial charge in [0, 0.05) is 18.2 Å². The number of carbonyl (C=O) groups excluding carboxylic acids is 2. The molecule has 8 heteroatoms. The number of ether oxygens (including phenoxy) is 1. The molecule has 0 radical (unpaired) electrons. The summed E-state index contributed by atoms with van der Waals surface area (Å²) >= 11 is 0. The summed E-state index contributed by atoms with van der Waals surface area (Å²) in [6.45, 7) is 1.72. The van der Waals surface area contributed by atoms with Gasteiger partial charge in [0.15, 0.2) is 0 Å². The van der Waals surface area contributed by atoms with Gasteiger partial charge in [-0.3, -0.25) is 14.9 Å². The summed E-state index contributed by atoms with van der Waals surface area (Å²) in [6, 6.07) is 19.6. The molecule has 0 heterocycles. The molecule has 0 bridgehead atoms. The first kappa shape index (κ1) is 23.9. The molecule has 0 saturated carbocycles. The van der Waals surface area contributed by atoms with Crippen LogP contribution in [0.4, 0.5) is 14.9 Å². The molecular formula is C27H25FN2O5. The SMILES string of the molecule is CC(CCNC(=O)c1cc(NC(=O)OCC2c3ccccc3-c3ccccc32)ccc1F)C(=O)O. The van der Waals surface area contributed by atoms with Crippen molar-refractivity contribution in [2.45, 2.75) is 19.3 Å². The van der Waals surface area contributed by atoms with Gasteiger partial charge in [-0.15, -0.1) is 0 Å². The molecule has 0 aliphatic heterocycles. The van der Waals surface area contributed by atoms with Crippen molar-refractivity contribution in [3.05, 3.63) is 89.2 Å². The molecule has 3 aromatic rings. The Bertz CT molecular complexity index is 1230. The molecule has 4 rings (SSSR count). The molecule has 0 saturated heterocycles. The maximum Gasteiger partial charge on any atom is 0.411 e. The third-order valence-electron chi connectivity index (χ3n) is 6.09. The largest absolute Gasteiger partial charge is 0.481 e. The second kappa shape index (κ2) is 10.4. The molecule has 0 aromatic heterocycles. The fraction of sp³-hybridized carbons (Fsp3) is 0.222. The smallest absolute Gasteiger partial charge is 0.411 e. The van der Waals surface area contributed by atoms with Crippen molar-refractivity contribution < 1.29 is 28.6 Å². The molecule has 1 atom stereocenters. The highest BCUT2D eigenvalue weighted by Crippen LogP contribution is 2.44. The van der Waals surface area contributed by atoms with Crippen LogP contribution in [-0.2, 0) is 9.53 Å². The van der Waals surface area contributed by atoms with Gasteiger partial charge in [0.2, 0.25) is 0 Å². The molecule has 2 amide bonds. The number of fused-ring (bicyclic) bond motifs is 3. The van der Waals surface area contributed by atoms with Crippen LogP contribution in [0.5, 0.6) is 0 Å². The minimum absolute atomic E-state index is 0.0791. The topological polar surface area (TPSA) is 105 Å². The summed E-state index contributed by atoms with van der Waals surface area (Å²) in [5.74, 6) is -3.17. The highest BCUT2D eigenvalue weighted by Gasteiger charge is 2.29. The van der Waals surface area contributed by atoms with Crippen molar-refractivity contribution in [2.75, 3.05) is 18.5 Å². The predicted molar refractivity (Wildman–Crippen MR) is 129 cm³/mol.